The summed E-state index contributed by atoms with van der Waals surface area (Å²) in [5.41, 5.74) is 0.484. The lowest BCUT2D eigenvalue weighted by Gasteiger charge is -2.34. The van der Waals surface area contributed by atoms with Crippen molar-refractivity contribution in [2.45, 2.75) is 0 Å². The van der Waals surface area contributed by atoms with E-state index in [4.69, 9.17) is 16.3 Å². The molecular formula is C20H23ClFN3O2. The predicted octanol–water partition coefficient (Wildman–Crippen LogP) is 3.11. The van der Waals surface area contributed by atoms with E-state index in [9.17, 15) is 9.18 Å². The lowest BCUT2D eigenvalue weighted by molar-refractivity contribution is -0.117. The summed E-state index contributed by atoms with van der Waals surface area (Å²) in [6.07, 6.45) is 0. The lowest BCUT2D eigenvalue weighted by Crippen LogP contribution is -2.49. The molecule has 1 amide bonds. The number of rotatable bonds is 7. The molecule has 1 saturated heterocycles. The number of hydrogen-bond donors (Lipinski definition) is 1. The smallest absolute Gasteiger partial charge is 0.238 e. The number of benzene rings is 2. The second kappa shape index (κ2) is 9.69. The first-order valence-electron chi connectivity index (χ1n) is 8.97. The maximum atomic E-state index is 13.2. The molecule has 0 aliphatic carbocycles. The number of ether oxygens (including phenoxy) is 1. The minimum atomic E-state index is -0.359. The maximum absolute atomic E-state index is 13.2. The number of anilines is 1. The summed E-state index contributed by atoms with van der Waals surface area (Å²) in [6.45, 7) is 5.17. The summed E-state index contributed by atoms with van der Waals surface area (Å²) in [6, 6.07) is 13.3. The molecule has 5 nitrogen and oxygen atoms in total. The topological polar surface area (TPSA) is 44.8 Å². The van der Waals surface area contributed by atoms with Crippen LogP contribution in [0.3, 0.4) is 0 Å². The van der Waals surface area contributed by atoms with Crippen molar-refractivity contribution in [2.24, 2.45) is 0 Å². The van der Waals surface area contributed by atoms with Crippen LogP contribution >= 0.6 is 11.6 Å². The molecule has 2 aromatic carbocycles. The summed E-state index contributed by atoms with van der Waals surface area (Å²) in [5, 5.41) is 3.43. The van der Waals surface area contributed by atoms with Crippen molar-refractivity contribution in [1.82, 2.24) is 9.80 Å². The third-order valence-corrected chi connectivity index (χ3v) is 4.68. The first-order valence-corrected chi connectivity index (χ1v) is 9.35. The van der Waals surface area contributed by atoms with E-state index in [0.717, 1.165) is 38.5 Å². The lowest BCUT2D eigenvalue weighted by atomic mass is 10.3. The average molecular weight is 392 g/mol. The molecule has 0 spiro atoms. The van der Waals surface area contributed by atoms with Crippen LogP contribution in [0.4, 0.5) is 10.1 Å². The number of carbonyl (C=O) groups excluding carboxylic acids is 1. The molecule has 1 fully saturated rings. The predicted molar refractivity (Wildman–Crippen MR) is 105 cm³/mol. The van der Waals surface area contributed by atoms with Crippen LogP contribution in [0.15, 0.2) is 48.5 Å². The monoisotopic (exact) mass is 391 g/mol. The van der Waals surface area contributed by atoms with Crippen LogP contribution in [0.25, 0.3) is 0 Å². The Morgan fingerprint density at radius 3 is 2.48 bits per heavy atom. The molecule has 27 heavy (non-hydrogen) atoms. The van der Waals surface area contributed by atoms with Gasteiger partial charge in [-0.1, -0.05) is 17.7 Å². The van der Waals surface area contributed by atoms with E-state index in [-0.39, 0.29) is 11.7 Å². The largest absolute Gasteiger partial charge is 0.492 e. The zero-order chi connectivity index (χ0) is 19.1. The number of carbonyl (C=O) groups is 1. The Bertz CT molecular complexity index is 749. The van der Waals surface area contributed by atoms with Crippen molar-refractivity contribution in [2.75, 3.05) is 51.2 Å². The molecule has 0 saturated carbocycles. The molecule has 0 aromatic heterocycles. The standard InChI is InChI=1S/C20H23ClFN3O2/c21-16-4-6-19(7-5-16)27-13-12-24-8-10-25(11-9-24)15-20(26)23-18-3-1-2-17(22)14-18/h1-7,14H,8-13,15H2,(H,23,26). The van der Waals surface area contributed by atoms with Gasteiger partial charge < -0.3 is 10.1 Å². The maximum Gasteiger partial charge on any atom is 0.238 e. The number of hydrogen-bond acceptors (Lipinski definition) is 4. The number of halogens is 2. The molecule has 1 aliphatic heterocycles. The van der Waals surface area contributed by atoms with Crippen LogP contribution < -0.4 is 10.1 Å². The van der Waals surface area contributed by atoms with Crippen molar-refractivity contribution in [3.05, 3.63) is 59.4 Å². The van der Waals surface area contributed by atoms with Gasteiger partial charge >= 0.3 is 0 Å². The van der Waals surface area contributed by atoms with Gasteiger partial charge in [0, 0.05) is 43.4 Å². The summed E-state index contributed by atoms with van der Waals surface area (Å²) < 4.78 is 18.9. The average Bonchev–Trinajstić information content (AvgIpc) is 2.65. The molecule has 7 heteroatoms. The highest BCUT2D eigenvalue weighted by atomic mass is 35.5. The van der Waals surface area contributed by atoms with Gasteiger partial charge in [-0.05, 0) is 42.5 Å². The van der Waals surface area contributed by atoms with Crippen molar-refractivity contribution in [3.63, 3.8) is 0 Å². The molecule has 1 aliphatic rings. The molecule has 1 heterocycles. The van der Waals surface area contributed by atoms with E-state index in [1.54, 1.807) is 12.1 Å². The van der Waals surface area contributed by atoms with Gasteiger partial charge in [0.15, 0.2) is 0 Å². The fraction of sp³-hybridized carbons (Fsp3) is 0.350. The van der Waals surface area contributed by atoms with Gasteiger partial charge in [-0.25, -0.2) is 4.39 Å². The van der Waals surface area contributed by atoms with Gasteiger partial charge in [-0.15, -0.1) is 0 Å². The van der Waals surface area contributed by atoms with Gasteiger partial charge in [0.25, 0.3) is 0 Å². The Labute approximate surface area is 163 Å². The first kappa shape index (κ1) is 19.6. The van der Waals surface area contributed by atoms with Crippen LogP contribution in [-0.4, -0.2) is 61.6 Å². The minimum Gasteiger partial charge on any atom is -0.492 e. The quantitative estimate of drug-likeness (QED) is 0.787. The molecular weight excluding hydrogens is 369 g/mol. The Hall–Kier alpha value is -2.15. The number of nitrogens with one attached hydrogen (secondary N) is 1. The van der Waals surface area contributed by atoms with Crippen LogP contribution in [0.1, 0.15) is 0 Å². The van der Waals surface area contributed by atoms with E-state index < -0.39 is 0 Å². The van der Waals surface area contributed by atoms with E-state index in [0.29, 0.717) is 23.9 Å². The van der Waals surface area contributed by atoms with Crippen LogP contribution in [0.2, 0.25) is 5.02 Å². The Morgan fingerprint density at radius 2 is 1.78 bits per heavy atom. The van der Waals surface area contributed by atoms with Gasteiger partial charge in [0.2, 0.25) is 5.91 Å². The first-order chi connectivity index (χ1) is 13.1. The Kier molecular flexibility index (Phi) is 7.04. The SMILES string of the molecule is O=C(CN1CCN(CCOc2ccc(Cl)cc2)CC1)Nc1cccc(F)c1. The number of piperazine rings is 1. The molecule has 0 atom stereocenters. The van der Waals surface area contributed by atoms with Crippen LogP contribution in [-0.2, 0) is 4.79 Å². The highest BCUT2D eigenvalue weighted by Crippen LogP contribution is 2.15. The number of nitrogens with zero attached hydrogens (tertiary/aromatic N) is 2. The van der Waals surface area contributed by atoms with Gasteiger partial charge in [0.1, 0.15) is 18.2 Å². The molecule has 1 N–H and O–H groups in total. The Morgan fingerprint density at radius 1 is 1.07 bits per heavy atom. The molecule has 0 unspecified atom stereocenters. The normalized spacial score (nSPS) is 15.5. The Balaban J connectivity index is 1.33. The minimum absolute atomic E-state index is 0.125. The number of amides is 1. The summed E-state index contributed by atoms with van der Waals surface area (Å²) in [7, 11) is 0. The molecule has 144 valence electrons. The van der Waals surface area contributed by atoms with Gasteiger partial charge in [-0.2, -0.15) is 0 Å². The summed E-state index contributed by atoms with van der Waals surface area (Å²) in [5.74, 6) is 0.328. The molecule has 2 aromatic rings. The van der Waals surface area contributed by atoms with Gasteiger partial charge in [0.05, 0.1) is 6.54 Å². The highest BCUT2D eigenvalue weighted by molar-refractivity contribution is 6.30. The second-order valence-electron chi connectivity index (χ2n) is 6.48. The third-order valence-electron chi connectivity index (χ3n) is 4.43. The fourth-order valence-electron chi connectivity index (χ4n) is 2.96. The zero-order valence-electron chi connectivity index (χ0n) is 15.0. The van der Waals surface area contributed by atoms with Crippen molar-refractivity contribution in [1.29, 1.82) is 0 Å². The zero-order valence-corrected chi connectivity index (χ0v) is 15.8. The molecule has 3 rings (SSSR count). The van der Waals surface area contributed by atoms with Crippen molar-refractivity contribution < 1.29 is 13.9 Å². The van der Waals surface area contributed by atoms with E-state index in [2.05, 4.69) is 15.1 Å². The van der Waals surface area contributed by atoms with Gasteiger partial charge in [-0.3, -0.25) is 14.6 Å². The summed E-state index contributed by atoms with van der Waals surface area (Å²) >= 11 is 5.86. The van der Waals surface area contributed by atoms with Crippen molar-refractivity contribution in [3.8, 4) is 5.75 Å². The third kappa shape index (κ3) is 6.50. The van der Waals surface area contributed by atoms with Crippen LogP contribution in [0, 0.1) is 5.82 Å². The summed E-state index contributed by atoms with van der Waals surface area (Å²) in [4.78, 5) is 16.5. The molecule has 0 radical (unpaired) electrons. The highest BCUT2D eigenvalue weighted by Gasteiger charge is 2.19. The fourth-order valence-corrected chi connectivity index (χ4v) is 3.09. The second-order valence-corrected chi connectivity index (χ2v) is 6.92. The van der Waals surface area contributed by atoms with Crippen molar-refractivity contribution >= 4 is 23.2 Å². The van der Waals surface area contributed by atoms with E-state index in [1.807, 2.05) is 24.3 Å². The van der Waals surface area contributed by atoms with E-state index in [1.165, 1.54) is 12.1 Å². The van der Waals surface area contributed by atoms with E-state index >= 15 is 0 Å². The molecule has 0 bridgehead atoms. The van der Waals surface area contributed by atoms with Crippen LogP contribution in [0.5, 0.6) is 5.75 Å².